The van der Waals surface area contributed by atoms with Crippen LogP contribution in [0.1, 0.15) is 11.4 Å². The molecule has 0 spiro atoms. The lowest BCUT2D eigenvalue weighted by molar-refractivity contribution is 0.194. The summed E-state index contributed by atoms with van der Waals surface area (Å²) in [7, 11) is 1.70. The van der Waals surface area contributed by atoms with Crippen LogP contribution in [0.3, 0.4) is 0 Å². The molecule has 0 bridgehead atoms. The van der Waals surface area contributed by atoms with E-state index in [9.17, 15) is 0 Å². The minimum atomic E-state index is 0.717. The quantitative estimate of drug-likeness (QED) is 0.599. The average molecular weight is 410 g/mol. The molecule has 1 aromatic heterocycles. The smallest absolute Gasteiger partial charge is 0.203 e. The van der Waals surface area contributed by atoms with E-state index in [1.54, 1.807) is 7.11 Å². The minimum absolute atomic E-state index is 0.717. The molecule has 0 radical (unpaired) electrons. The van der Waals surface area contributed by atoms with Crippen LogP contribution < -0.4 is 9.64 Å². The van der Waals surface area contributed by atoms with E-state index < -0.39 is 0 Å². The van der Waals surface area contributed by atoms with Crippen molar-refractivity contribution in [3.05, 3.63) is 64.7 Å². The lowest BCUT2D eigenvalue weighted by atomic mass is 10.2. The minimum Gasteiger partial charge on any atom is -0.497 e. The maximum absolute atomic E-state index is 5.74. The molecular formula is C22H27N5OS. The zero-order chi connectivity index (χ0) is 20.4. The van der Waals surface area contributed by atoms with Gasteiger partial charge in [0.25, 0.3) is 0 Å². The fraction of sp³-hybridized carbons (Fsp3) is 0.364. The lowest BCUT2D eigenvalue weighted by Crippen LogP contribution is -2.47. The number of piperazine rings is 1. The predicted molar refractivity (Wildman–Crippen MR) is 119 cm³/mol. The van der Waals surface area contributed by atoms with E-state index in [1.807, 2.05) is 23.7 Å². The second-order valence-corrected chi connectivity index (χ2v) is 7.81. The molecule has 152 valence electrons. The number of nitrogens with zero attached hydrogens (tertiary/aromatic N) is 5. The van der Waals surface area contributed by atoms with E-state index in [1.165, 1.54) is 11.3 Å². The van der Waals surface area contributed by atoms with Crippen LogP contribution in [0.4, 0.5) is 5.69 Å². The van der Waals surface area contributed by atoms with Gasteiger partial charge in [-0.15, -0.1) is 0 Å². The van der Waals surface area contributed by atoms with Crippen LogP contribution >= 0.6 is 12.2 Å². The maximum atomic E-state index is 5.74. The zero-order valence-corrected chi connectivity index (χ0v) is 18.0. The highest BCUT2D eigenvalue weighted by Gasteiger charge is 2.19. The molecule has 0 atom stereocenters. The summed E-state index contributed by atoms with van der Waals surface area (Å²) in [4.78, 5) is 4.81. The molecule has 4 rings (SSSR count). The molecule has 0 N–H and O–H groups in total. The summed E-state index contributed by atoms with van der Waals surface area (Å²) in [6.45, 7) is 8.74. The number of hydrogen-bond donors (Lipinski definition) is 0. The molecule has 29 heavy (non-hydrogen) atoms. The van der Waals surface area contributed by atoms with Crippen molar-refractivity contribution in [1.29, 1.82) is 0 Å². The highest BCUT2D eigenvalue weighted by atomic mass is 32.1. The van der Waals surface area contributed by atoms with Crippen molar-refractivity contribution >= 4 is 17.9 Å². The maximum Gasteiger partial charge on any atom is 0.203 e. The van der Waals surface area contributed by atoms with Gasteiger partial charge in [-0.2, -0.15) is 5.10 Å². The van der Waals surface area contributed by atoms with Crippen LogP contribution in [0.15, 0.2) is 48.5 Å². The van der Waals surface area contributed by atoms with E-state index in [0.717, 1.165) is 54.9 Å². The summed E-state index contributed by atoms with van der Waals surface area (Å²) in [6, 6.07) is 16.6. The molecule has 2 aromatic carbocycles. The molecule has 1 fully saturated rings. The molecule has 7 heteroatoms. The number of aryl methyl sites for hydroxylation is 2. The molecule has 2 heterocycles. The second kappa shape index (κ2) is 8.39. The topological polar surface area (TPSA) is 38.5 Å². The van der Waals surface area contributed by atoms with Gasteiger partial charge in [0.05, 0.1) is 13.8 Å². The predicted octanol–water partition coefficient (Wildman–Crippen LogP) is 3.81. The summed E-state index contributed by atoms with van der Waals surface area (Å²) >= 11 is 5.74. The third kappa shape index (κ3) is 4.21. The number of hydrogen-bond acceptors (Lipinski definition) is 5. The Morgan fingerprint density at radius 2 is 1.69 bits per heavy atom. The molecule has 0 saturated carbocycles. The van der Waals surface area contributed by atoms with Gasteiger partial charge >= 0.3 is 0 Å². The number of anilines is 1. The molecule has 6 nitrogen and oxygen atoms in total. The Hall–Kier alpha value is -2.64. The number of methoxy groups -OCH3 is 1. The van der Waals surface area contributed by atoms with E-state index in [-0.39, 0.29) is 0 Å². The van der Waals surface area contributed by atoms with E-state index in [4.69, 9.17) is 22.1 Å². The molecule has 0 aliphatic carbocycles. The summed E-state index contributed by atoms with van der Waals surface area (Å²) in [5.41, 5.74) is 3.52. The van der Waals surface area contributed by atoms with E-state index >= 15 is 0 Å². The summed E-state index contributed by atoms with van der Waals surface area (Å²) in [5, 5.41) is 4.71. The fourth-order valence-electron chi connectivity index (χ4n) is 3.80. The van der Waals surface area contributed by atoms with Gasteiger partial charge in [0.15, 0.2) is 0 Å². The average Bonchev–Trinajstić information content (AvgIpc) is 3.01. The van der Waals surface area contributed by atoms with Gasteiger partial charge in [-0.25, -0.2) is 4.68 Å². The number of benzene rings is 2. The SMILES string of the molecule is COc1ccc(N2CCN(Cn3nc(C)n(-c4cccc(C)c4)c3=S)CC2)cc1. The summed E-state index contributed by atoms with van der Waals surface area (Å²) < 4.78 is 9.99. The Morgan fingerprint density at radius 3 is 2.34 bits per heavy atom. The van der Waals surface area contributed by atoms with Crippen molar-refractivity contribution in [3.63, 3.8) is 0 Å². The van der Waals surface area contributed by atoms with Gasteiger partial charge in [0.1, 0.15) is 11.6 Å². The van der Waals surface area contributed by atoms with Crippen LogP contribution in [0.25, 0.3) is 5.69 Å². The van der Waals surface area contributed by atoms with Crippen molar-refractivity contribution in [2.45, 2.75) is 20.5 Å². The normalized spacial score (nSPS) is 14.9. The molecule has 1 saturated heterocycles. The molecule has 1 aliphatic rings. The van der Waals surface area contributed by atoms with Crippen molar-refractivity contribution in [2.24, 2.45) is 0 Å². The van der Waals surface area contributed by atoms with Gasteiger partial charge in [-0.05, 0) is 68.0 Å². The molecule has 0 unspecified atom stereocenters. The molecular weight excluding hydrogens is 382 g/mol. The first-order valence-electron chi connectivity index (χ1n) is 9.90. The first-order valence-corrected chi connectivity index (χ1v) is 10.3. The van der Waals surface area contributed by atoms with Gasteiger partial charge in [-0.1, -0.05) is 12.1 Å². The van der Waals surface area contributed by atoms with E-state index in [2.05, 4.69) is 57.7 Å². The Morgan fingerprint density at radius 1 is 0.966 bits per heavy atom. The Bertz CT molecular complexity index is 1030. The van der Waals surface area contributed by atoms with Crippen molar-refractivity contribution in [3.8, 4) is 11.4 Å². The highest BCUT2D eigenvalue weighted by Crippen LogP contribution is 2.21. The van der Waals surface area contributed by atoms with Gasteiger partial charge in [0.2, 0.25) is 4.77 Å². The van der Waals surface area contributed by atoms with E-state index in [0.29, 0.717) is 0 Å². The number of ether oxygens (including phenoxy) is 1. The Kier molecular flexibility index (Phi) is 5.69. The molecule has 0 amide bonds. The van der Waals surface area contributed by atoms with Crippen LogP contribution in [0.2, 0.25) is 0 Å². The van der Waals surface area contributed by atoms with Crippen LogP contribution in [0.5, 0.6) is 5.75 Å². The zero-order valence-electron chi connectivity index (χ0n) is 17.2. The Balaban J connectivity index is 1.43. The van der Waals surface area contributed by atoms with Crippen LogP contribution in [-0.2, 0) is 6.67 Å². The molecule has 3 aromatic rings. The highest BCUT2D eigenvalue weighted by molar-refractivity contribution is 7.71. The third-order valence-electron chi connectivity index (χ3n) is 5.40. The lowest BCUT2D eigenvalue weighted by Gasteiger charge is -2.35. The van der Waals surface area contributed by atoms with Crippen molar-refractivity contribution in [2.75, 3.05) is 38.2 Å². The monoisotopic (exact) mass is 409 g/mol. The van der Waals surface area contributed by atoms with Gasteiger partial charge in [0, 0.05) is 37.6 Å². The largest absolute Gasteiger partial charge is 0.497 e. The fourth-order valence-corrected chi connectivity index (χ4v) is 4.14. The van der Waals surface area contributed by atoms with Gasteiger partial charge < -0.3 is 9.64 Å². The third-order valence-corrected chi connectivity index (χ3v) is 5.80. The summed E-state index contributed by atoms with van der Waals surface area (Å²) in [6.07, 6.45) is 0. The first kappa shape index (κ1) is 19.7. The number of rotatable bonds is 5. The van der Waals surface area contributed by atoms with Crippen molar-refractivity contribution in [1.82, 2.24) is 19.2 Å². The second-order valence-electron chi connectivity index (χ2n) is 7.45. The van der Waals surface area contributed by atoms with Gasteiger partial charge in [-0.3, -0.25) is 9.47 Å². The van der Waals surface area contributed by atoms with Crippen LogP contribution in [-0.4, -0.2) is 52.5 Å². The van der Waals surface area contributed by atoms with Crippen LogP contribution in [0, 0.1) is 18.6 Å². The molecule has 1 aliphatic heterocycles. The number of aromatic nitrogens is 3. The van der Waals surface area contributed by atoms with Crippen molar-refractivity contribution < 1.29 is 4.74 Å². The Labute approximate surface area is 176 Å². The standard InChI is InChI=1S/C22H27N5OS/c1-17-5-4-6-20(15-17)27-18(2)23-26(22(27)29)16-24-11-13-25(14-12-24)19-7-9-21(28-3)10-8-19/h4-10,15H,11-14,16H2,1-3H3. The first-order chi connectivity index (χ1) is 14.0. The summed E-state index contributed by atoms with van der Waals surface area (Å²) in [5.74, 6) is 1.80.